The topological polar surface area (TPSA) is 12.4 Å². The summed E-state index contributed by atoms with van der Waals surface area (Å²) in [6, 6.07) is 10.7. The van der Waals surface area contributed by atoms with E-state index in [-0.39, 0.29) is 0 Å². The van der Waals surface area contributed by atoms with Crippen molar-refractivity contribution in [2.45, 2.75) is 39.0 Å². The largest absolute Gasteiger partial charge is 0.289 e. The summed E-state index contributed by atoms with van der Waals surface area (Å²) in [7, 11) is 0. The quantitative estimate of drug-likeness (QED) is 0.674. The zero-order chi connectivity index (χ0) is 11.2. The Kier molecular flexibility index (Phi) is 4.15. The number of hydrogen-bond acceptors (Lipinski definition) is 1. The van der Waals surface area contributed by atoms with Crippen molar-refractivity contribution in [3.63, 3.8) is 0 Å². The van der Waals surface area contributed by atoms with Crippen LogP contribution in [0.1, 0.15) is 44.6 Å². The molecule has 1 heteroatoms. The summed E-state index contributed by atoms with van der Waals surface area (Å²) in [5.41, 5.74) is 2.68. The summed E-state index contributed by atoms with van der Waals surface area (Å²) >= 11 is 0. The Morgan fingerprint density at radius 3 is 2.44 bits per heavy atom. The summed E-state index contributed by atoms with van der Waals surface area (Å²) in [6.45, 7) is 3.03. The molecule has 16 heavy (non-hydrogen) atoms. The average Bonchev–Trinajstić information content (AvgIpc) is 2.38. The second-order valence-electron chi connectivity index (χ2n) is 4.56. The van der Waals surface area contributed by atoms with Gasteiger partial charge in [0, 0.05) is 18.2 Å². The lowest BCUT2D eigenvalue weighted by Crippen LogP contribution is -2.19. The highest BCUT2D eigenvalue weighted by Crippen LogP contribution is 2.27. The van der Waals surface area contributed by atoms with Crippen molar-refractivity contribution in [3.05, 3.63) is 35.9 Å². The second-order valence-corrected chi connectivity index (χ2v) is 4.56. The molecule has 0 spiro atoms. The van der Waals surface area contributed by atoms with E-state index >= 15 is 0 Å². The third-order valence-corrected chi connectivity index (χ3v) is 3.39. The molecule has 1 aromatic carbocycles. The predicted octanol–water partition coefficient (Wildman–Crippen LogP) is 4.08. The summed E-state index contributed by atoms with van der Waals surface area (Å²) in [6.07, 6.45) is 6.81. The molecule has 0 radical (unpaired) electrons. The van der Waals surface area contributed by atoms with Crippen LogP contribution in [-0.2, 0) is 0 Å². The third kappa shape index (κ3) is 2.72. The number of benzene rings is 1. The molecule has 1 aliphatic carbocycles. The first kappa shape index (κ1) is 11.4. The van der Waals surface area contributed by atoms with Crippen LogP contribution in [-0.4, -0.2) is 12.3 Å². The minimum absolute atomic E-state index is 0.705. The Labute approximate surface area is 98.6 Å². The van der Waals surface area contributed by atoms with E-state index in [0.29, 0.717) is 5.92 Å². The molecule has 1 aromatic rings. The van der Waals surface area contributed by atoms with Crippen LogP contribution in [0.15, 0.2) is 35.3 Å². The molecule has 0 amide bonds. The zero-order valence-electron chi connectivity index (χ0n) is 10.2. The Morgan fingerprint density at radius 1 is 1.12 bits per heavy atom. The predicted molar refractivity (Wildman–Crippen MR) is 70.1 cm³/mol. The van der Waals surface area contributed by atoms with Gasteiger partial charge in [-0.05, 0) is 25.3 Å². The molecule has 0 unspecified atom stereocenters. The first-order valence-electron chi connectivity index (χ1n) is 6.51. The van der Waals surface area contributed by atoms with Crippen LogP contribution in [0.5, 0.6) is 0 Å². The standard InChI is InChI=1S/C15H21N/c1-2-16-15(13-9-5-3-6-10-13)14-11-7-4-8-12-14/h3,5-6,9-10,14H,2,4,7-8,11-12H2,1H3/b16-15-. The lowest BCUT2D eigenvalue weighted by atomic mass is 9.83. The van der Waals surface area contributed by atoms with Crippen molar-refractivity contribution in [3.8, 4) is 0 Å². The zero-order valence-corrected chi connectivity index (χ0v) is 10.2. The fourth-order valence-corrected chi connectivity index (χ4v) is 2.61. The van der Waals surface area contributed by atoms with E-state index < -0.39 is 0 Å². The van der Waals surface area contributed by atoms with E-state index in [4.69, 9.17) is 4.99 Å². The van der Waals surface area contributed by atoms with Crippen LogP contribution < -0.4 is 0 Å². The van der Waals surface area contributed by atoms with Crippen LogP contribution in [0.2, 0.25) is 0 Å². The maximum Gasteiger partial charge on any atom is 0.0451 e. The van der Waals surface area contributed by atoms with Gasteiger partial charge in [-0.2, -0.15) is 0 Å². The van der Waals surface area contributed by atoms with Gasteiger partial charge in [0.15, 0.2) is 0 Å². The van der Waals surface area contributed by atoms with Crippen molar-refractivity contribution >= 4 is 5.71 Å². The highest BCUT2D eigenvalue weighted by molar-refractivity contribution is 6.02. The Bertz CT molecular complexity index is 334. The summed E-state index contributed by atoms with van der Waals surface area (Å²) in [5.74, 6) is 0.705. The van der Waals surface area contributed by atoms with Gasteiger partial charge in [-0.1, -0.05) is 49.6 Å². The van der Waals surface area contributed by atoms with Crippen molar-refractivity contribution in [2.75, 3.05) is 6.54 Å². The summed E-state index contributed by atoms with van der Waals surface area (Å²) in [5, 5.41) is 0. The minimum atomic E-state index is 0.705. The molecule has 0 heterocycles. The van der Waals surface area contributed by atoms with Gasteiger partial charge in [0.2, 0.25) is 0 Å². The van der Waals surface area contributed by atoms with Gasteiger partial charge in [-0.15, -0.1) is 0 Å². The summed E-state index contributed by atoms with van der Waals surface area (Å²) < 4.78 is 0. The Morgan fingerprint density at radius 2 is 1.81 bits per heavy atom. The maximum atomic E-state index is 4.73. The van der Waals surface area contributed by atoms with Crippen LogP contribution in [0.25, 0.3) is 0 Å². The first-order valence-corrected chi connectivity index (χ1v) is 6.51. The highest BCUT2D eigenvalue weighted by Gasteiger charge is 2.19. The molecular formula is C15H21N. The highest BCUT2D eigenvalue weighted by atomic mass is 14.7. The molecule has 0 N–H and O–H groups in total. The molecule has 0 atom stereocenters. The fourth-order valence-electron chi connectivity index (χ4n) is 2.61. The Hall–Kier alpha value is -1.11. The van der Waals surface area contributed by atoms with Crippen LogP contribution in [0, 0.1) is 5.92 Å². The molecular weight excluding hydrogens is 194 g/mol. The second kappa shape index (κ2) is 5.83. The van der Waals surface area contributed by atoms with Gasteiger partial charge in [0.1, 0.15) is 0 Å². The monoisotopic (exact) mass is 215 g/mol. The van der Waals surface area contributed by atoms with Crippen molar-refractivity contribution in [1.29, 1.82) is 0 Å². The minimum Gasteiger partial charge on any atom is -0.289 e. The summed E-state index contributed by atoms with van der Waals surface area (Å²) in [4.78, 5) is 4.73. The molecule has 1 fully saturated rings. The van der Waals surface area contributed by atoms with E-state index in [1.807, 2.05) is 0 Å². The third-order valence-electron chi connectivity index (χ3n) is 3.39. The SMILES string of the molecule is CC/N=C(/c1ccccc1)C1CCCCC1. The van der Waals surface area contributed by atoms with E-state index in [2.05, 4.69) is 37.3 Å². The van der Waals surface area contributed by atoms with Crippen LogP contribution >= 0.6 is 0 Å². The van der Waals surface area contributed by atoms with Gasteiger partial charge >= 0.3 is 0 Å². The van der Waals surface area contributed by atoms with E-state index in [9.17, 15) is 0 Å². The Balaban J connectivity index is 2.20. The van der Waals surface area contributed by atoms with Gasteiger partial charge < -0.3 is 0 Å². The van der Waals surface area contributed by atoms with Crippen molar-refractivity contribution < 1.29 is 0 Å². The van der Waals surface area contributed by atoms with E-state index in [0.717, 1.165) is 6.54 Å². The molecule has 0 aromatic heterocycles. The smallest absolute Gasteiger partial charge is 0.0451 e. The lowest BCUT2D eigenvalue weighted by Gasteiger charge is -2.23. The van der Waals surface area contributed by atoms with Gasteiger partial charge in [0.05, 0.1) is 0 Å². The number of aliphatic imine (C=N–C) groups is 1. The van der Waals surface area contributed by atoms with Gasteiger partial charge in [-0.25, -0.2) is 0 Å². The van der Waals surface area contributed by atoms with Crippen LogP contribution in [0.3, 0.4) is 0 Å². The van der Waals surface area contributed by atoms with E-state index in [1.54, 1.807) is 0 Å². The first-order chi connectivity index (χ1) is 7.92. The average molecular weight is 215 g/mol. The molecule has 86 valence electrons. The van der Waals surface area contributed by atoms with Gasteiger partial charge in [0.25, 0.3) is 0 Å². The molecule has 0 aliphatic heterocycles. The molecule has 0 bridgehead atoms. The van der Waals surface area contributed by atoms with Crippen molar-refractivity contribution in [2.24, 2.45) is 10.9 Å². The molecule has 1 nitrogen and oxygen atoms in total. The maximum absolute atomic E-state index is 4.73. The molecule has 2 rings (SSSR count). The molecule has 0 saturated heterocycles. The van der Waals surface area contributed by atoms with Gasteiger partial charge in [-0.3, -0.25) is 4.99 Å². The molecule has 1 saturated carbocycles. The normalized spacial score (nSPS) is 18.7. The van der Waals surface area contributed by atoms with Crippen LogP contribution in [0.4, 0.5) is 0 Å². The number of hydrogen-bond donors (Lipinski definition) is 0. The van der Waals surface area contributed by atoms with Crippen molar-refractivity contribution in [1.82, 2.24) is 0 Å². The lowest BCUT2D eigenvalue weighted by molar-refractivity contribution is 0.439. The fraction of sp³-hybridized carbons (Fsp3) is 0.533. The number of rotatable bonds is 3. The van der Waals surface area contributed by atoms with E-state index in [1.165, 1.54) is 43.4 Å². The molecule has 1 aliphatic rings. The number of nitrogens with zero attached hydrogens (tertiary/aromatic N) is 1.